The Labute approximate surface area is 212 Å². The Morgan fingerprint density at radius 3 is 0.944 bits per heavy atom. The van der Waals surface area contributed by atoms with Gasteiger partial charge in [0.15, 0.2) is 0 Å². The van der Waals surface area contributed by atoms with Crippen LogP contribution in [0, 0.1) is 27.7 Å². The predicted molar refractivity (Wildman–Crippen MR) is 137 cm³/mol. The van der Waals surface area contributed by atoms with Crippen molar-refractivity contribution in [3.63, 3.8) is 0 Å². The van der Waals surface area contributed by atoms with E-state index in [1.807, 2.05) is 76.2 Å². The van der Waals surface area contributed by atoms with Gasteiger partial charge in [0.2, 0.25) is 0 Å². The van der Waals surface area contributed by atoms with Crippen molar-refractivity contribution in [1.29, 1.82) is 0 Å². The van der Waals surface area contributed by atoms with Gasteiger partial charge >= 0.3 is 0 Å². The fraction of sp³-hybridized carbons (Fsp3) is 0.400. The van der Waals surface area contributed by atoms with E-state index in [9.17, 15) is 9.59 Å². The standard InChI is InChI=1S/2C15H18O3/c2*1-10(16)4-7-13(14-8-5-11(2)17-14)15-9-6-12(3)18-15/h2*5-6,8-9,13H,4,7H2,1-3H3. The summed E-state index contributed by atoms with van der Waals surface area (Å²) in [5.41, 5.74) is 0. The van der Waals surface area contributed by atoms with Gasteiger partial charge in [-0.05, 0) is 103 Å². The minimum absolute atomic E-state index is 0.0244. The molecule has 0 aliphatic carbocycles. The van der Waals surface area contributed by atoms with Crippen molar-refractivity contribution >= 4 is 11.6 Å². The van der Waals surface area contributed by atoms with E-state index in [2.05, 4.69) is 0 Å². The summed E-state index contributed by atoms with van der Waals surface area (Å²) in [6.45, 7) is 10.9. The van der Waals surface area contributed by atoms with Crippen LogP contribution in [0.4, 0.5) is 0 Å². The van der Waals surface area contributed by atoms with Crippen molar-refractivity contribution in [2.24, 2.45) is 0 Å². The Kier molecular flexibility index (Phi) is 9.34. The van der Waals surface area contributed by atoms with Crippen molar-refractivity contribution in [2.75, 3.05) is 0 Å². The molecule has 0 aromatic carbocycles. The van der Waals surface area contributed by atoms with Gasteiger partial charge in [-0.3, -0.25) is 0 Å². The molecule has 36 heavy (non-hydrogen) atoms. The topological polar surface area (TPSA) is 86.7 Å². The van der Waals surface area contributed by atoms with Gasteiger partial charge < -0.3 is 27.3 Å². The maximum absolute atomic E-state index is 11.2. The van der Waals surface area contributed by atoms with E-state index in [-0.39, 0.29) is 23.4 Å². The molecule has 0 atom stereocenters. The van der Waals surface area contributed by atoms with E-state index < -0.39 is 0 Å². The van der Waals surface area contributed by atoms with Crippen molar-refractivity contribution in [1.82, 2.24) is 0 Å². The molecule has 0 aliphatic heterocycles. The zero-order chi connectivity index (χ0) is 26.2. The highest BCUT2D eigenvalue weighted by atomic mass is 16.4. The van der Waals surface area contributed by atoms with E-state index in [0.29, 0.717) is 12.8 Å². The average molecular weight is 493 g/mol. The third kappa shape index (κ3) is 7.74. The van der Waals surface area contributed by atoms with Crippen LogP contribution in [0.15, 0.2) is 66.2 Å². The lowest BCUT2D eigenvalue weighted by atomic mass is 9.96. The Balaban J connectivity index is 0.000000201. The highest BCUT2D eigenvalue weighted by molar-refractivity contribution is 5.75. The molecule has 0 fully saturated rings. The lowest BCUT2D eigenvalue weighted by Gasteiger charge is -2.11. The van der Waals surface area contributed by atoms with Gasteiger partial charge in [0.05, 0.1) is 11.8 Å². The van der Waals surface area contributed by atoms with E-state index in [1.165, 1.54) is 0 Å². The average Bonchev–Trinajstić information content (AvgIpc) is 3.60. The minimum atomic E-state index is 0.0244. The Morgan fingerprint density at radius 2 is 0.778 bits per heavy atom. The second kappa shape index (κ2) is 12.4. The van der Waals surface area contributed by atoms with Crippen LogP contribution in [0.25, 0.3) is 0 Å². The highest BCUT2D eigenvalue weighted by Gasteiger charge is 2.22. The molecule has 0 saturated heterocycles. The van der Waals surface area contributed by atoms with Crippen LogP contribution in [-0.2, 0) is 9.59 Å². The maximum Gasteiger partial charge on any atom is 0.129 e. The number of rotatable bonds is 10. The number of Topliss-reactive ketones (excluding diaryl/α,β-unsaturated/α-hetero) is 2. The molecule has 0 aliphatic rings. The Bertz CT molecular complexity index is 1080. The van der Waals surface area contributed by atoms with Crippen LogP contribution < -0.4 is 0 Å². The number of aryl methyl sites for hydroxylation is 4. The van der Waals surface area contributed by atoms with Crippen molar-refractivity contribution < 1.29 is 27.3 Å². The van der Waals surface area contributed by atoms with E-state index in [1.54, 1.807) is 13.8 Å². The molecule has 6 heteroatoms. The fourth-order valence-electron chi connectivity index (χ4n) is 4.11. The van der Waals surface area contributed by atoms with Crippen LogP contribution in [-0.4, -0.2) is 11.6 Å². The molecule has 4 rings (SSSR count). The maximum atomic E-state index is 11.2. The Hall–Kier alpha value is -3.54. The molecule has 4 aromatic heterocycles. The lowest BCUT2D eigenvalue weighted by molar-refractivity contribution is -0.118. The second-order valence-electron chi connectivity index (χ2n) is 9.38. The molecular formula is C30H36O6. The van der Waals surface area contributed by atoms with Crippen molar-refractivity contribution in [2.45, 2.75) is 79.1 Å². The monoisotopic (exact) mass is 492 g/mol. The van der Waals surface area contributed by atoms with Gasteiger partial charge in [-0.2, -0.15) is 0 Å². The summed E-state index contributed by atoms with van der Waals surface area (Å²) in [6.07, 6.45) is 2.50. The molecule has 0 amide bonds. The molecule has 0 radical (unpaired) electrons. The number of hydrogen-bond acceptors (Lipinski definition) is 6. The molecule has 0 N–H and O–H groups in total. The largest absolute Gasteiger partial charge is 0.466 e. The van der Waals surface area contributed by atoms with Crippen LogP contribution in [0.5, 0.6) is 0 Å². The first kappa shape index (κ1) is 27.1. The van der Waals surface area contributed by atoms with Crippen LogP contribution in [0.1, 0.15) is 97.4 Å². The summed E-state index contributed by atoms with van der Waals surface area (Å²) in [5, 5.41) is 0. The van der Waals surface area contributed by atoms with Gasteiger partial charge in [0, 0.05) is 12.8 Å². The number of carbonyl (C=O) groups is 2. The van der Waals surface area contributed by atoms with Crippen LogP contribution in [0.3, 0.4) is 0 Å². The summed E-state index contributed by atoms with van der Waals surface area (Å²) in [4.78, 5) is 22.3. The van der Waals surface area contributed by atoms with E-state index in [0.717, 1.165) is 58.9 Å². The first-order valence-electron chi connectivity index (χ1n) is 12.4. The SMILES string of the molecule is CC(=O)CCC(c1ccc(C)o1)c1ccc(C)o1.CC(=O)CCC(c1ccc(C)o1)c1ccc(C)o1. The third-order valence-corrected chi connectivity index (χ3v) is 5.99. The van der Waals surface area contributed by atoms with Crippen molar-refractivity contribution in [3.05, 3.63) is 94.6 Å². The number of carbonyl (C=O) groups excluding carboxylic acids is 2. The first-order chi connectivity index (χ1) is 17.1. The third-order valence-electron chi connectivity index (χ3n) is 5.99. The number of furan rings is 4. The van der Waals surface area contributed by atoms with Gasteiger partial charge in [-0.1, -0.05) is 0 Å². The van der Waals surface area contributed by atoms with Crippen LogP contribution in [0.2, 0.25) is 0 Å². The van der Waals surface area contributed by atoms with E-state index in [4.69, 9.17) is 17.7 Å². The summed E-state index contributed by atoms with van der Waals surface area (Å²) in [6, 6.07) is 15.6. The normalized spacial score (nSPS) is 11.1. The van der Waals surface area contributed by atoms with Gasteiger partial charge in [0.25, 0.3) is 0 Å². The number of hydrogen-bond donors (Lipinski definition) is 0. The van der Waals surface area contributed by atoms with Gasteiger partial charge in [-0.25, -0.2) is 0 Å². The number of ketones is 2. The lowest BCUT2D eigenvalue weighted by Crippen LogP contribution is -2.02. The van der Waals surface area contributed by atoms with Gasteiger partial charge in [-0.15, -0.1) is 0 Å². The summed E-state index contributed by atoms with van der Waals surface area (Å²) < 4.78 is 22.7. The zero-order valence-corrected chi connectivity index (χ0v) is 22.1. The van der Waals surface area contributed by atoms with Gasteiger partial charge in [0.1, 0.15) is 57.6 Å². The highest BCUT2D eigenvalue weighted by Crippen LogP contribution is 2.33. The first-order valence-corrected chi connectivity index (χ1v) is 12.4. The molecular weight excluding hydrogens is 456 g/mol. The fourth-order valence-corrected chi connectivity index (χ4v) is 4.11. The summed E-state index contributed by atoms with van der Waals surface area (Å²) in [7, 11) is 0. The zero-order valence-electron chi connectivity index (χ0n) is 22.1. The molecule has 192 valence electrons. The quantitative estimate of drug-likeness (QED) is 0.223. The summed E-state index contributed by atoms with van der Waals surface area (Å²) >= 11 is 0. The second-order valence-corrected chi connectivity index (χ2v) is 9.38. The molecule has 6 nitrogen and oxygen atoms in total. The molecule has 0 saturated carbocycles. The summed E-state index contributed by atoms with van der Waals surface area (Å²) in [5.74, 6) is 7.38. The molecule has 0 spiro atoms. The minimum Gasteiger partial charge on any atom is -0.466 e. The molecule has 4 aromatic rings. The predicted octanol–water partition coefficient (Wildman–Crippen LogP) is 7.98. The molecule has 0 unspecified atom stereocenters. The van der Waals surface area contributed by atoms with Crippen molar-refractivity contribution in [3.8, 4) is 0 Å². The smallest absolute Gasteiger partial charge is 0.129 e. The van der Waals surface area contributed by atoms with E-state index >= 15 is 0 Å². The van der Waals surface area contributed by atoms with Crippen LogP contribution >= 0.6 is 0 Å². The molecule has 4 heterocycles. The Morgan fingerprint density at radius 1 is 0.528 bits per heavy atom. The molecule has 0 bridgehead atoms.